The summed E-state index contributed by atoms with van der Waals surface area (Å²) in [5.41, 5.74) is 3.37. The third kappa shape index (κ3) is 5.97. The number of hydrogen-bond donors (Lipinski definition) is 0. The number of halogens is 1. The molecule has 0 aliphatic rings. The van der Waals surface area contributed by atoms with Crippen molar-refractivity contribution in [1.82, 2.24) is 9.88 Å². The van der Waals surface area contributed by atoms with E-state index in [1.54, 1.807) is 23.1 Å². The topological polar surface area (TPSA) is 36.4 Å². The number of aromatic nitrogens is 1. The second-order valence-electron chi connectivity index (χ2n) is 7.63. The van der Waals surface area contributed by atoms with Gasteiger partial charge in [0.1, 0.15) is 0 Å². The van der Waals surface area contributed by atoms with Gasteiger partial charge in [-0.15, -0.1) is 11.8 Å². The number of anilines is 1. The van der Waals surface area contributed by atoms with Gasteiger partial charge < -0.3 is 4.90 Å². The van der Waals surface area contributed by atoms with E-state index in [9.17, 15) is 4.79 Å². The average Bonchev–Trinajstić information content (AvgIpc) is 3.16. The van der Waals surface area contributed by atoms with Gasteiger partial charge in [0, 0.05) is 28.6 Å². The monoisotopic (exact) mass is 461 g/mol. The van der Waals surface area contributed by atoms with E-state index in [1.165, 1.54) is 10.3 Å². The molecule has 7 heteroatoms. The van der Waals surface area contributed by atoms with Crippen molar-refractivity contribution in [2.75, 3.05) is 37.8 Å². The molecule has 0 aliphatic heterocycles. The van der Waals surface area contributed by atoms with Gasteiger partial charge in [0.25, 0.3) is 0 Å². The fraction of sp³-hybridized carbons (Fsp3) is 0.391. The molecule has 0 radical (unpaired) electrons. The van der Waals surface area contributed by atoms with Crippen LogP contribution in [0.3, 0.4) is 0 Å². The maximum atomic E-state index is 13.2. The lowest BCUT2D eigenvalue weighted by molar-refractivity contribution is -0.118. The second-order valence-corrected chi connectivity index (χ2v) is 10.2. The summed E-state index contributed by atoms with van der Waals surface area (Å²) >= 11 is 9.25. The van der Waals surface area contributed by atoms with Crippen molar-refractivity contribution in [2.24, 2.45) is 0 Å². The predicted octanol–water partition coefficient (Wildman–Crippen LogP) is 6.03. The predicted molar refractivity (Wildman–Crippen MR) is 131 cm³/mol. The molecule has 0 atom stereocenters. The highest BCUT2D eigenvalue weighted by Crippen LogP contribution is 2.33. The van der Waals surface area contributed by atoms with Crippen molar-refractivity contribution in [2.45, 2.75) is 31.6 Å². The molecule has 30 heavy (non-hydrogen) atoms. The lowest BCUT2D eigenvalue weighted by atomic mass is 10.1. The van der Waals surface area contributed by atoms with Gasteiger partial charge in [0.15, 0.2) is 5.13 Å². The molecule has 2 aromatic carbocycles. The molecule has 0 unspecified atom stereocenters. The summed E-state index contributed by atoms with van der Waals surface area (Å²) in [4.78, 5) is 23.2. The lowest BCUT2D eigenvalue weighted by Gasteiger charge is -2.21. The van der Waals surface area contributed by atoms with Crippen LogP contribution in [0.5, 0.6) is 0 Å². The number of carbonyl (C=O) groups is 1. The van der Waals surface area contributed by atoms with Crippen LogP contribution >= 0.6 is 34.7 Å². The van der Waals surface area contributed by atoms with Crippen molar-refractivity contribution < 1.29 is 4.79 Å². The number of benzene rings is 2. The van der Waals surface area contributed by atoms with Crippen LogP contribution < -0.4 is 4.90 Å². The number of hydrogen-bond acceptors (Lipinski definition) is 5. The molecule has 1 heterocycles. The zero-order valence-electron chi connectivity index (χ0n) is 17.9. The molecule has 1 aromatic heterocycles. The Bertz CT molecular complexity index is 963. The molecule has 0 bridgehead atoms. The summed E-state index contributed by atoms with van der Waals surface area (Å²) < 4.78 is 1.17. The van der Waals surface area contributed by atoms with Crippen molar-refractivity contribution >= 4 is 56.0 Å². The van der Waals surface area contributed by atoms with Crippen LogP contribution in [0.2, 0.25) is 5.02 Å². The van der Waals surface area contributed by atoms with Gasteiger partial charge in [-0.3, -0.25) is 9.69 Å². The highest BCUT2D eigenvalue weighted by molar-refractivity contribution is 7.99. The van der Waals surface area contributed by atoms with Crippen LogP contribution in [0.4, 0.5) is 5.13 Å². The molecule has 0 fully saturated rings. The zero-order chi connectivity index (χ0) is 21.7. The summed E-state index contributed by atoms with van der Waals surface area (Å²) in [5, 5.41) is 1.53. The van der Waals surface area contributed by atoms with E-state index in [-0.39, 0.29) is 5.91 Å². The van der Waals surface area contributed by atoms with E-state index in [4.69, 9.17) is 16.6 Å². The number of nitrogens with zero attached hydrogens (tertiary/aromatic N) is 3. The molecule has 3 rings (SSSR count). The molecule has 0 aliphatic carbocycles. The van der Waals surface area contributed by atoms with Gasteiger partial charge in [-0.2, -0.15) is 0 Å². The van der Waals surface area contributed by atoms with Crippen molar-refractivity contribution in [1.29, 1.82) is 0 Å². The summed E-state index contributed by atoms with van der Waals surface area (Å²) in [7, 11) is 4.11. The number of aryl methyl sites for hydroxylation is 2. The number of amides is 1. The first-order valence-electron chi connectivity index (χ1n) is 10.1. The Kier molecular flexibility index (Phi) is 8.17. The number of rotatable bonds is 9. The van der Waals surface area contributed by atoms with Crippen LogP contribution in [0.1, 0.15) is 24.0 Å². The van der Waals surface area contributed by atoms with E-state index >= 15 is 0 Å². The second kappa shape index (κ2) is 10.6. The first-order valence-corrected chi connectivity index (χ1v) is 12.2. The van der Waals surface area contributed by atoms with Crippen molar-refractivity contribution in [3.8, 4) is 0 Å². The normalized spacial score (nSPS) is 11.4. The molecule has 0 N–H and O–H groups in total. The van der Waals surface area contributed by atoms with Gasteiger partial charge in [0.05, 0.1) is 10.2 Å². The summed E-state index contributed by atoms with van der Waals surface area (Å²) in [6, 6.07) is 12.0. The Balaban J connectivity index is 1.74. The third-order valence-corrected chi connectivity index (χ3v) is 7.33. The Hall–Kier alpha value is -1.60. The molecule has 0 saturated heterocycles. The first-order chi connectivity index (χ1) is 14.3. The van der Waals surface area contributed by atoms with Crippen LogP contribution in [-0.4, -0.2) is 48.7 Å². The van der Waals surface area contributed by atoms with Gasteiger partial charge in [-0.1, -0.05) is 35.1 Å². The lowest BCUT2D eigenvalue weighted by Crippen LogP contribution is -2.33. The highest BCUT2D eigenvalue weighted by Gasteiger charge is 2.20. The molecule has 160 valence electrons. The maximum Gasteiger partial charge on any atom is 0.229 e. The Morgan fingerprint density at radius 1 is 1.07 bits per heavy atom. The first kappa shape index (κ1) is 23.1. The fourth-order valence-corrected chi connectivity index (χ4v) is 5.28. The molecular weight excluding hydrogens is 434 g/mol. The number of thioether (sulfide) groups is 1. The summed E-state index contributed by atoms with van der Waals surface area (Å²) in [6.45, 7) is 5.80. The standard InChI is InChI=1S/C23H28ClN3OS2/c1-16-6-7-17(2)22-21(16)25-23(30-22)27(14-5-13-26(3)4)20(28)12-15-29-19-10-8-18(24)9-11-19/h6-11H,5,12-15H2,1-4H3. The van der Waals surface area contributed by atoms with Gasteiger partial charge in [-0.25, -0.2) is 4.98 Å². The Labute approximate surface area is 192 Å². The minimum absolute atomic E-state index is 0.129. The fourth-order valence-electron chi connectivity index (χ4n) is 3.16. The van der Waals surface area contributed by atoms with E-state index in [0.717, 1.165) is 44.8 Å². The molecule has 0 spiro atoms. The van der Waals surface area contributed by atoms with Crippen molar-refractivity contribution in [3.05, 3.63) is 52.5 Å². The minimum Gasteiger partial charge on any atom is -0.309 e. The van der Waals surface area contributed by atoms with E-state index in [0.29, 0.717) is 13.0 Å². The van der Waals surface area contributed by atoms with Crippen molar-refractivity contribution in [3.63, 3.8) is 0 Å². The molecule has 4 nitrogen and oxygen atoms in total. The van der Waals surface area contributed by atoms with E-state index in [2.05, 4.69) is 45.0 Å². The smallest absolute Gasteiger partial charge is 0.229 e. The van der Waals surface area contributed by atoms with Gasteiger partial charge >= 0.3 is 0 Å². The molecule has 0 saturated carbocycles. The number of fused-ring (bicyclic) bond motifs is 1. The van der Waals surface area contributed by atoms with Gasteiger partial charge in [0.2, 0.25) is 5.91 Å². The van der Waals surface area contributed by atoms with E-state index in [1.807, 2.05) is 29.2 Å². The third-order valence-electron chi connectivity index (χ3n) is 4.85. The molecular formula is C23H28ClN3OS2. The van der Waals surface area contributed by atoms with Gasteiger partial charge in [-0.05, 0) is 76.3 Å². The Morgan fingerprint density at radius 3 is 2.43 bits per heavy atom. The Morgan fingerprint density at radius 2 is 1.77 bits per heavy atom. The van der Waals surface area contributed by atoms with Crippen LogP contribution in [0.25, 0.3) is 10.2 Å². The number of thiazole rings is 1. The summed E-state index contributed by atoms with van der Waals surface area (Å²) in [6.07, 6.45) is 1.39. The number of carbonyl (C=O) groups excluding carboxylic acids is 1. The largest absolute Gasteiger partial charge is 0.309 e. The van der Waals surface area contributed by atoms with Crippen LogP contribution in [0, 0.1) is 13.8 Å². The molecule has 3 aromatic rings. The minimum atomic E-state index is 0.129. The maximum absolute atomic E-state index is 13.2. The summed E-state index contributed by atoms with van der Waals surface area (Å²) in [5.74, 6) is 0.859. The van der Waals surface area contributed by atoms with E-state index < -0.39 is 0 Å². The SMILES string of the molecule is Cc1ccc(C)c2sc(N(CCCN(C)C)C(=O)CCSc3ccc(Cl)cc3)nc12. The van der Waals surface area contributed by atoms with Crippen LogP contribution in [-0.2, 0) is 4.79 Å². The average molecular weight is 462 g/mol. The zero-order valence-corrected chi connectivity index (χ0v) is 20.3. The highest BCUT2D eigenvalue weighted by atomic mass is 35.5. The quantitative estimate of drug-likeness (QED) is 0.364. The van der Waals surface area contributed by atoms with Crippen LogP contribution in [0.15, 0.2) is 41.3 Å². The molecule has 1 amide bonds.